The molecule has 23 heteroatoms. The predicted molar refractivity (Wildman–Crippen MR) is 387 cm³/mol. The number of piperidine rings is 5. The highest BCUT2D eigenvalue weighted by atomic mass is 15.4. The fourth-order valence-corrected chi connectivity index (χ4v) is 17.7. The van der Waals surface area contributed by atoms with Gasteiger partial charge in [-0.25, -0.2) is 4.98 Å². The first-order chi connectivity index (χ1) is 42.6. The monoisotopic (exact) mass is 1290 g/mol. The average Bonchev–Trinajstić information content (AvgIpc) is 0.801. The molecule has 0 amide bonds. The molecule has 5 saturated heterocycles. The molecule has 5 aliphatic rings. The Bertz CT molecular complexity index is 2770. The van der Waals surface area contributed by atoms with Crippen LogP contribution >= 0.6 is 0 Å². The molecular formula is C70H131N23. The van der Waals surface area contributed by atoms with Crippen molar-refractivity contribution in [3.63, 3.8) is 0 Å². The van der Waals surface area contributed by atoms with Gasteiger partial charge in [-0.3, -0.25) is 4.90 Å². The van der Waals surface area contributed by atoms with Crippen LogP contribution in [0.1, 0.15) is 227 Å². The molecule has 23 nitrogen and oxygen atoms in total. The average molecular weight is 1290 g/mol. The van der Waals surface area contributed by atoms with Gasteiger partial charge in [-0.2, -0.15) is 39.9 Å². The lowest BCUT2D eigenvalue weighted by Gasteiger charge is -2.49. The summed E-state index contributed by atoms with van der Waals surface area (Å²) in [6, 6.07) is 1.29. The molecule has 0 aliphatic carbocycles. The van der Waals surface area contributed by atoms with E-state index in [1.807, 2.05) is 6.92 Å². The number of hydrogen-bond donors (Lipinski definition) is 7. The maximum atomic E-state index is 5.29. The van der Waals surface area contributed by atoms with Crippen molar-refractivity contribution in [2.45, 2.75) is 315 Å². The number of aryl methyl sites for hydroxylation is 1. The maximum absolute atomic E-state index is 5.29. The Labute approximate surface area is 563 Å². The zero-order valence-electron chi connectivity index (χ0n) is 63.5. The molecule has 0 unspecified atom stereocenters. The highest BCUT2D eigenvalue weighted by Gasteiger charge is 2.45. The van der Waals surface area contributed by atoms with Crippen LogP contribution in [0.25, 0.3) is 0 Å². The van der Waals surface area contributed by atoms with Gasteiger partial charge in [-0.1, -0.05) is 0 Å². The first-order valence-electron chi connectivity index (χ1n) is 35.4. The van der Waals surface area contributed by atoms with E-state index >= 15 is 0 Å². The van der Waals surface area contributed by atoms with E-state index in [1.54, 1.807) is 0 Å². The Kier molecular flexibility index (Phi) is 22.1. The van der Waals surface area contributed by atoms with E-state index in [4.69, 9.17) is 44.9 Å². The van der Waals surface area contributed by atoms with Gasteiger partial charge in [-0.05, 0) is 236 Å². The molecule has 0 aromatic carbocycles. The van der Waals surface area contributed by atoms with Crippen LogP contribution in [0.4, 0.5) is 41.6 Å². The van der Waals surface area contributed by atoms with Gasteiger partial charge in [0.05, 0.1) is 6.54 Å². The number of nitrogens with one attached hydrogen (secondary N) is 7. The van der Waals surface area contributed by atoms with E-state index in [0.29, 0.717) is 48.8 Å². The molecule has 7 N–H and O–H groups in total. The number of likely N-dealkylation sites (N-methyl/N-ethyl adjacent to an activating group) is 1. The molecule has 0 saturated carbocycles. The largest absolute Gasteiger partial charge is 0.354 e. The summed E-state index contributed by atoms with van der Waals surface area (Å²) >= 11 is 0. The van der Waals surface area contributed by atoms with Crippen LogP contribution in [-0.2, 0) is 6.54 Å². The highest BCUT2D eigenvalue weighted by Crippen LogP contribution is 2.39. The molecule has 3 aromatic heterocycles. The zero-order valence-corrected chi connectivity index (χ0v) is 63.5. The molecule has 3 aromatic rings. The number of nitrogens with zero attached hydrogens (tertiary/aromatic N) is 16. The first kappa shape index (κ1) is 74.1. The van der Waals surface area contributed by atoms with Crippen LogP contribution < -0.4 is 61.7 Å². The Hall–Kier alpha value is -4.65. The summed E-state index contributed by atoms with van der Waals surface area (Å²) < 4.78 is 0. The van der Waals surface area contributed by atoms with Crippen molar-refractivity contribution < 1.29 is 0 Å². The minimum atomic E-state index is -0.0380. The molecule has 0 atom stereocenters. The Balaban J connectivity index is 0.989. The fraction of sp³-hybridized carbons (Fsp3) is 0.871. The van der Waals surface area contributed by atoms with E-state index in [0.717, 1.165) is 127 Å². The molecule has 0 radical (unpaired) electrons. The van der Waals surface area contributed by atoms with Gasteiger partial charge in [0.2, 0.25) is 41.6 Å². The predicted octanol–water partition coefficient (Wildman–Crippen LogP) is 9.02. The third kappa shape index (κ3) is 20.9. The number of anilines is 7. The number of aromatic nitrogens is 9. The molecule has 93 heavy (non-hydrogen) atoms. The van der Waals surface area contributed by atoms with Crippen molar-refractivity contribution in [3.05, 3.63) is 11.6 Å². The Morgan fingerprint density at radius 3 is 0.860 bits per heavy atom. The Morgan fingerprint density at radius 2 is 0.581 bits per heavy atom. The van der Waals surface area contributed by atoms with Crippen LogP contribution in [-0.4, -0.2) is 222 Å². The van der Waals surface area contributed by atoms with E-state index in [-0.39, 0.29) is 85.6 Å². The molecule has 5 fully saturated rings. The lowest BCUT2D eigenvalue weighted by atomic mass is 9.79. The van der Waals surface area contributed by atoms with Gasteiger partial charge in [0, 0.05) is 154 Å². The summed E-state index contributed by atoms with van der Waals surface area (Å²) in [4.78, 5) is 63.0. The highest BCUT2D eigenvalue weighted by molar-refractivity contribution is 5.48. The SMILES string of the molecule is Cc1nc(CN(CCCNc2nc(N(C)C3CC(C)(C)NC(C)(C)C3)nc(N(C)C3CC(C)(C)NC(C)(C)C3)n2)CCN(C)CCCNc2nc(N(C)C3CC(C)(C)NC(C)(C)C3)nc(N(C)C3CC(C)(C)NC(C)(C)C3)n2)nc(N(C)C2CC(C)(C)NC(C)(C)C2)n1. The summed E-state index contributed by atoms with van der Waals surface area (Å²) in [6.07, 6.45) is 11.6. The molecular weight excluding hydrogens is 1160 g/mol. The standard InChI is InChI=1S/C70H131N23/c1-47-73-53(75-56(74-47)88(23)48-36-61(2,3)82-62(4,5)37-48)46-93(33-29-31-72-55-78-59(91(26)51-42-67(14,15)85-68(16,17)43-51)81-60(79-55)92(27)52-44-69(18,19)86-70(20,21)45-52)35-34-87(22)32-28-30-71-54-76-57(89(24)49-38-63(6,7)83-64(8,9)39-49)80-58(77-54)90(25)50-40-65(10,11)84-66(12,13)41-50/h48-52,82-86H,28-46H2,1-27H3,(H,71,76,77,80)(H,72,78,79,81). The van der Waals surface area contributed by atoms with Gasteiger partial charge in [-0.15, -0.1) is 0 Å². The van der Waals surface area contributed by atoms with E-state index < -0.39 is 0 Å². The summed E-state index contributed by atoms with van der Waals surface area (Å²) in [7, 11) is 13.1. The lowest BCUT2D eigenvalue weighted by Crippen LogP contribution is -2.62. The minimum Gasteiger partial charge on any atom is -0.354 e. The quantitative estimate of drug-likeness (QED) is 0.0393. The molecule has 526 valence electrons. The summed E-state index contributed by atoms with van der Waals surface area (Å²) in [5.41, 5.74) is -0.293. The second-order valence-corrected chi connectivity index (χ2v) is 36.1. The molecule has 0 bridgehead atoms. The van der Waals surface area contributed by atoms with Crippen molar-refractivity contribution in [1.82, 2.24) is 81.2 Å². The second kappa shape index (κ2) is 27.7. The van der Waals surface area contributed by atoms with Crippen molar-refractivity contribution in [1.29, 1.82) is 0 Å². The van der Waals surface area contributed by atoms with Gasteiger partial charge in [0.15, 0.2) is 0 Å². The van der Waals surface area contributed by atoms with Crippen LogP contribution in [0.15, 0.2) is 0 Å². The second-order valence-electron chi connectivity index (χ2n) is 36.1. The molecule has 8 rings (SSSR count). The van der Waals surface area contributed by atoms with Crippen LogP contribution in [0.5, 0.6) is 0 Å². The normalized spacial score (nSPS) is 23.4. The van der Waals surface area contributed by atoms with Gasteiger partial charge < -0.3 is 66.6 Å². The summed E-state index contributed by atoms with van der Waals surface area (Å²) in [6.45, 7) is 53.5. The first-order valence-corrected chi connectivity index (χ1v) is 35.4. The van der Waals surface area contributed by atoms with Crippen molar-refractivity contribution in [2.24, 2.45) is 0 Å². The van der Waals surface area contributed by atoms with Gasteiger partial charge >= 0.3 is 0 Å². The third-order valence-corrected chi connectivity index (χ3v) is 20.3. The van der Waals surface area contributed by atoms with Gasteiger partial charge in [0.1, 0.15) is 11.6 Å². The van der Waals surface area contributed by atoms with Crippen LogP contribution in [0.3, 0.4) is 0 Å². The van der Waals surface area contributed by atoms with E-state index in [2.05, 4.69) is 252 Å². The zero-order chi connectivity index (χ0) is 68.9. The van der Waals surface area contributed by atoms with Crippen molar-refractivity contribution in [3.8, 4) is 0 Å². The van der Waals surface area contributed by atoms with Crippen molar-refractivity contribution in [2.75, 3.05) is 117 Å². The Morgan fingerprint density at radius 1 is 0.323 bits per heavy atom. The summed E-state index contributed by atoms with van der Waals surface area (Å²) in [5, 5.41) is 26.8. The smallest absolute Gasteiger partial charge is 0.231 e. The fourth-order valence-electron chi connectivity index (χ4n) is 17.7. The third-order valence-electron chi connectivity index (χ3n) is 20.3. The lowest BCUT2D eigenvalue weighted by molar-refractivity contribution is 0.159. The molecule has 0 spiro atoms. The van der Waals surface area contributed by atoms with E-state index in [9.17, 15) is 0 Å². The van der Waals surface area contributed by atoms with Crippen LogP contribution in [0, 0.1) is 6.92 Å². The molecule has 8 heterocycles. The molecule has 5 aliphatic heterocycles. The number of rotatable bonds is 25. The number of hydrogen-bond acceptors (Lipinski definition) is 23. The van der Waals surface area contributed by atoms with Gasteiger partial charge in [0.25, 0.3) is 0 Å². The van der Waals surface area contributed by atoms with E-state index in [1.165, 1.54) is 0 Å². The van der Waals surface area contributed by atoms with Crippen LogP contribution in [0.2, 0.25) is 0 Å². The van der Waals surface area contributed by atoms with Crippen molar-refractivity contribution >= 4 is 41.6 Å². The topological polar surface area (TPSA) is 223 Å². The minimum absolute atomic E-state index is 0.0179. The summed E-state index contributed by atoms with van der Waals surface area (Å²) in [5.74, 6) is 6.31. The maximum Gasteiger partial charge on any atom is 0.231 e.